The molecule has 7 rings (SSSR count). The fourth-order valence-corrected chi connectivity index (χ4v) is 6.97. The first kappa shape index (κ1) is 22.2. The van der Waals surface area contributed by atoms with Crippen LogP contribution in [0.2, 0.25) is 0 Å². The minimum absolute atomic E-state index is 0.0373. The average Bonchev–Trinajstić information content (AvgIpc) is 3.31. The second-order valence-electron chi connectivity index (χ2n) is 11.5. The molecule has 1 atom stereocenters. The summed E-state index contributed by atoms with van der Waals surface area (Å²) in [6.45, 7) is 3.91. The number of alkyl halides is 2. The minimum Gasteiger partial charge on any atom is -0.361 e. The molecule has 1 saturated heterocycles. The van der Waals surface area contributed by atoms with Crippen molar-refractivity contribution in [3.63, 3.8) is 0 Å². The number of hydrogen-bond donors (Lipinski definition) is 1. The van der Waals surface area contributed by atoms with E-state index in [9.17, 15) is 8.78 Å². The zero-order valence-corrected chi connectivity index (χ0v) is 20.7. The molecule has 3 fully saturated rings. The minimum atomic E-state index is -2.50. The number of nitrogens with one attached hydrogen (secondary N) is 1. The summed E-state index contributed by atoms with van der Waals surface area (Å²) in [6.07, 6.45) is 10.0. The standard InChI is InChI=1S/C30H32F2N4/c1-20-15-25(21-3-4-21)26(24-9-12-33-28(20)24)17-35-14-10-29(18-30(31,32)19-29)16-27(35)22-5-7-23(8-6-22)36-13-2-11-34-36/h2,5-9,11-13,15,21,27,33H,3-4,10,14,16-19H2,1H3/t27-/m0/s1. The number of fused-ring (bicyclic) bond motifs is 1. The Morgan fingerprint density at radius 2 is 1.92 bits per heavy atom. The van der Waals surface area contributed by atoms with Crippen LogP contribution in [0.5, 0.6) is 0 Å². The van der Waals surface area contributed by atoms with Gasteiger partial charge in [0.05, 0.1) is 5.69 Å². The molecule has 4 aromatic rings. The summed E-state index contributed by atoms with van der Waals surface area (Å²) < 4.78 is 30.0. The van der Waals surface area contributed by atoms with Crippen molar-refractivity contribution < 1.29 is 8.78 Å². The molecular weight excluding hydrogens is 454 g/mol. The number of H-pyrrole nitrogens is 1. The van der Waals surface area contributed by atoms with Crippen LogP contribution >= 0.6 is 0 Å². The average molecular weight is 487 g/mol. The second-order valence-corrected chi connectivity index (χ2v) is 11.5. The largest absolute Gasteiger partial charge is 0.361 e. The number of hydrogen-bond acceptors (Lipinski definition) is 2. The van der Waals surface area contributed by atoms with Crippen molar-refractivity contribution in [1.29, 1.82) is 0 Å². The molecule has 0 radical (unpaired) electrons. The Labute approximate surface area is 210 Å². The molecule has 3 heterocycles. The normalized spacial score (nSPS) is 23.2. The van der Waals surface area contributed by atoms with Crippen LogP contribution in [0.25, 0.3) is 16.6 Å². The number of rotatable bonds is 5. The van der Waals surface area contributed by atoms with Crippen molar-refractivity contribution >= 4 is 10.9 Å². The highest BCUT2D eigenvalue weighted by Crippen LogP contribution is 2.60. The first-order valence-electron chi connectivity index (χ1n) is 13.2. The Kier molecular flexibility index (Phi) is 4.94. The zero-order chi connectivity index (χ0) is 24.5. The van der Waals surface area contributed by atoms with Gasteiger partial charge in [-0.2, -0.15) is 5.10 Å². The molecule has 2 aliphatic carbocycles. The number of likely N-dealkylation sites (tertiary alicyclic amines) is 1. The van der Waals surface area contributed by atoms with E-state index >= 15 is 0 Å². The lowest BCUT2D eigenvalue weighted by molar-refractivity contribution is -0.186. The van der Waals surface area contributed by atoms with Crippen molar-refractivity contribution in [2.45, 2.75) is 69.9 Å². The molecule has 2 saturated carbocycles. The number of piperidine rings is 1. The molecule has 1 N–H and O–H groups in total. The lowest BCUT2D eigenvalue weighted by Crippen LogP contribution is -2.53. The Hall–Kier alpha value is -2.99. The molecule has 1 spiro atoms. The predicted molar refractivity (Wildman–Crippen MR) is 138 cm³/mol. The molecule has 1 aliphatic heterocycles. The summed E-state index contributed by atoms with van der Waals surface area (Å²) in [5, 5.41) is 5.66. The van der Waals surface area contributed by atoms with Crippen molar-refractivity contribution in [2.24, 2.45) is 5.41 Å². The summed E-state index contributed by atoms with van der Waals surface area (Å²) in [4.78, 5) is 6.01. The topological polar surface area (TPSA) is 36.9 Å². The van der Waals surface area contributed by atoms with Gasteiger partial charge in [0.1, 0.15) is 0 Å². The van der Waals surface area contributed by atoms with Crippen LogP contribution in [0, 0.1) is 12.3 Å². The van der Waals surface area contributed by atoms with E-state index in [4.69, 9.17) is 0 Å². The van der Waals surface area contributed by atoms with Gasteiger partial charge in [-0.05, 0) is 97.0 Å². The van der Waals surface area contributed by atoms with Gasteiger partial charge < -0.3 is 4.98 Å². The molecule has 2 aromatic heterocycles. The van der Waals surface area contributed by atoms with Crippen LogP contribution in [-0.2, 0) is 6.54 Å². The molecule has 2 aromatic carbocycles. The Morgan fingerprint density at radius 1 is 1.11 bits per heavy atom. The quantitative estimate of drug-likeness (QED) is 0.322. The van der Waals surface area contributed by atoms with Crippen molar-refractivity contribution in [3.05, 3.63) is 83.3 Å². The van der Waals surface area contributed by atoms with Crippen molar-refractivity contribution in [1.82, 2.24) is 19.7 Å². The van der Waals surface area contributed by atoms with Crippen LogP contribution in [-0.4, -0.2) is 32.1 Å². The maximum atomic E-state index is 14.0. The Balaban J connectivity index is 1.25. The van der Waals surface area contributed by atoms with Crippen molar-refractivity contribution in [2.75, 3.05) is 6.54 Å². The number of aryl methyl sites for hydroxylation is 1. The van der Waals surface area contributed by atoms with Gasteiger partial charge in [0, 0.05) is 54.9 Å². The Bertz CT molecular complexity index is 1390. The van der Waals surface area contributed by atoms with Crippen molar-refractivity contribution in [3.8, 4) is 5.69 Å². The summed E-state index contributed by atoms with van der Waals surface area (Å²) in [7, 11) is 0. The number of nitrogens with zero attached hydrogens (tertiary/aromatic N) is 3. The van der Waals surface area contributed by atoms with E-state index in [1.807, 2.05) is 23.1 Å². The van der Waals surface area contributed by atoms with Crippen LogP contribution in [0.4, 0.5) is 8.78 Å². The third-order valence-electron chi connectivity index (χ3n) is 8.88. The van der Waals surface area contributed by atoms with Crippen LogP contribution in [0.3, 0.4) is 0 Å². The molecule has 186 valence electrons. The van der Waals surface area contributed by atoms with Gasteiger partial charge in [-0.3, -0.25) is 4.90 Å². The van der Waals surface area contributed by atoms with E-state index in [-0.39, 0.29) is 24.3 Å². The maximum absolute atomic E-state index is 14.0. The van der Waals surface area contributed by atoms with E-state index in [1.165, 1.54) is 46.0 Å². The summed E-state index contributed by atoms with van der Waals surface area (Å²) in [6, 6.07) is 15.2. The lowest BCUT2D eigenvalue weighted by Gasteiger charge is -2.54. The second kappa shape index (κ2) is 8.01. The molecule has 4 nitrogen and oxygen atoms in total. The van der Waals surface area contributed by atoms with Gasteiger partial charge in [0.2, 0.25) is 5.92 Å². The first-order valence-corrected chi connectivity index (χ1v) is 13.2. The van der Waals surface area contributed by atoms with E-state index in [2.05, 4.69) is 58.3 Å². The maximum Gasteiger partial charge on any atom is 0.249 e. The number of benzene rings is 2. The highest BCUT2D eigenvalue weighted by Gasteiger charge is 2.58. The molecule has 3 aliphatic rings. The molecule has 0 bridgehead atoms. The van der Waals surface area contributed by atoms with Gasteiger partial charge >= 0.3 is 0 Å². The van der Waals surface area contributed by atoms with Gasteiger partial charge in [-0.15, -0.1) is 0 Å². The lowest BCUT2D eigenvalue weighted by atomic mass is 9.59. The molecule has 0 unspecified atom stereocenters. The van der Waals surface area contributed by atoms with Gasteiger partial charge in [0.25, 0.3) is 0 Å². The van der Waals surface area contributed by atoms with E-state index in [0.29, 0.717) is 5.92 Å². The number of aromatic nitrogens is 3. The van der Waals surface area contributed by atoms with Crippen LogP contribution in [0.1, 0.15) is 72.7 Å². The molecular formula is C30H32F2N4. The van der Waals surface area contributed by atoms with Gasteiger partial charge in [0.15, 0.2) is 0 Å². The third-order valence-corrected chi connectivity index (χ3v) is 8.88. The predicted octanol–water partition coefficient (Wildman–Crippen LogP) is 7.29. The van der Waals surface area contributed by atoms with Gasteiger partial charge in [-0.1, -0.05) is 18.2 Å². The fourth-order valence-electron chi connectivity index (χ4n) is 6.97. The summed E-state index contributed by atoms with van der Waals surface area (Å²) in [5.74, 6) is -1.84. The SMILES string of the molecule is Cc1cc(C2CC2)c(CN2CCC3(C[C@H]2c2ccc(-n4cccn4)cc2)CC(F)(F)C3)c2cc[nH]c12. The number of halogens is 2. The zero-order valence-electron chi connectivity index (χ0n) is 20.7. The van der Waals surface area contributed by atoms with E-state index in [0.717, 1.165) is 31.6 Å². The molecule has 6 heteroatoms. The highest BCUT2D eigenvalue weighted by atomic mass is 19.3. The van der Waals surface area contributed by atoms with Crippen LogP contribution in [0.15, 0.2) is 61.1 Å². The Morgan fingerprint density at radius 3 is 2.61 bits per heavy atom. The summed E-state index contributed by atoms with van der Waals surface area (Å²) >= 11 is 0. The molecule has 0 amide bonds. The first-order chi connectivity index (χ1) is 17.4. The number of aromatic amines is 1. The van der Waals surface area contributed by atoms with Gasteiger partial charge in [-0.25, -0.2) is 13.5 Å². The highest BCUT2D eigenvalue weighted by molar-refractivity contribution is 5.87. The fraction of sp³-hybridized carbons (Fsp3) is 0.433. The van der Waals surface area contributed by atoms with E-state index < -0.39 is 5.92 Å². The smallest absolute Gasteiger partial charge is 0.249 e. The summed E-state index contributed by atoms with van der Waals surface area (Å²) in [5.41, 5.74) is 7.43. The molecule has 36 heavy (non-hydrogen) atoms. The third kappa shape index (κ3) is 3.78. The monoisotopic (exact) mass is 486 g/mol. The van der Waals surface area contributed by atoms with E-state index in [1.54, 1.807) is 6.20 Å². The van der Waals surface area contributed by atoms with Crippen LogP contribution < -0.4 is 0 Å².